The highest BCUT2D eigenvalue weighted by atomic mass is 19.4. The summed E-state index contributed by atoms with van der Waals surface area (Å²) in [6.45, 7) is 1.52. The molecular formula is C22H19F3N4O. The van der Waals surface area contributed by atoms with E-state index in [0.29, 0.717) is 31.7 Å². The van der Waals surface area contributed by atoms with Crippen LogP contribution in [0.5, 0.6) is 0 Å². The van der Waals surface area contributed by atoms with Crippen molar-refractivity contribution < 1.29 is 18.0 Å². The molecule has 154 valence electrons. The Hall–Kier alpha value is -3.42. The van der Waals surface area contributed by atoms with Crippen LogP contribution >= 0.6 is 0 Å². The summed E-state index contributed by atoms with van der Waals surface area (Å²) in [6, 6.07) is 18.2. The molecule has 0 atom stereocenters. The molecule has 0 unspecified atom stereocenters. The number of aromatic nitrogens is 2. The van der Waals surface area contributed by atoms with E-state index in [0.717, 1.165) is 23.4 Å². The molecule has 8 heteroatoms. The molecule has 2 heterocycles. The van der Waals surface area contributed by atoms with Gasteiger partial charge in [-0.15, -0.1) is 0 Å². The van der Waals surface area contributed by atoms with Crippen LogP contribution in [0.2, 0.25) is 0 Å². The van der Waals surface area contributed by atoms with E-state index in [1.165, 1.54) is 0 Å². The number of halogens is 3. The van der Waals surface area contributed by atoms with Crippen molar-refractivity contribution in [1.29, 1.82) is 0 Å². The maximum absolute atomic E-state index is 12.9. The lowest BCUT2D eigenvalue weighted by atomic mass is 10.0. The highest BCUT2D eigenvalue weighted by Crippen LogP contribution is 2.28. The van der Waals surface area contributed by atoms with Crippen LogP contribution in [0.25, 0.3) is 11.1 Å². The summed E-state index contributed by atoms with van der Waals surface area (Å²) >= 11 is 0. The zero-order chi connectivity index (χ0) is 21.1. The minimum Gasteiger partial charge on any atom is -0.337 e. The summed E-state index contributed by atoms with van der Waals surface area (Å²) in [5.41, 5.74) is 1.72. The quantitative estimate of drug-likeness (QED) is 0.649. The van der Waals surface area contributed by atoms with Gasteiger partial charge >= 0.3 is 6.18 Å². The normalized spacial score (nSPS) is 14.6. The number of nitrogens with zero attached hydrogens (tertiary/aromatic N) is 4. The molecule has 0 spiro atoms. The van der Waals surface area contributed by atoms with E-state index in [2.05, 4.69) is 9.97 Å². The van der Waals surface area contributed by atoms with Crippen molar-refractivity contribution >= 4 is 11.9 Å². The van der Waals surface area contributed by atoms with Crippen LogP contribution in [0.1, 0.15) is 16.1 Å². The fraction of sp³-hybridized carbons (Fsp3) is 0.227. The van der Waals surface area contributed by atoms with Gasteiger partial charge in [-0.25, -0.2) is 9.97 Å². The zero-order valence-electron chi connectivity index (χ0n) is 16.0. The first kappa shape index (κ1) is 19.9. The molecule has 0 radical (unpaired) electrons. The number of amides is 1. The van der Waals surface area contributed by atoms with E-state index in [9.17, 15) is 18.0 Å². The molecule has 4 rings (SSSR count). The van der Waals surface area contributed by atoms with Crippen LogP contribution in [0, 0.1) is 0 Å². The van der Waals surface area contributed by atoms with Crippen molar-refractivity contribution in [3.63, 3.8) is 0 Å². The Morgan fingerprint density at radius 1 is 0.833 bits per heavy atom. The number of benzene rings is 2. The summed E-state index contributed by atoms with van der Waals surface area (Å²) in [5, 5.41) is 0. The molecule has 1 saturated heterocycles. The smallest absolute Gasteiger partial charge is 0.337 e. The zero-order valence-corrected chi connectivity index (χ0v) is 16.0. The number of carbonyl (C=O) groups excluding carboxylic acids is 1. The average molecular weight is 412 g/mol. The van der Waals surface area contributed by atoms with Gasteiger partial charge < -0.3 is 9.80 Å². The van der Waals surface area contributed by atoms with Crippen molar-refractivity contribution in [1.82, 2.24) is 14.9 Å². The summed E-state index contributed by atoms with van der Waals surface area (Å²) in [7, 11) is 0. The third-order valence-corrected chi connectivity index (χ3v) is 5.02. The van der Waals surface area contributed by atoms with Crippen LogP contribution < -0.4 is 4.90 Å². The SMILES string of the molecule is O=C(c1ccc(-c2ccccc2)cc1)N1CCN(c2nccc(C(F)(F)F)n2)CC1. The molecule has 0 aliphatic carbocycles. The standard InChI is InChI=1S/C22H19F3N4O/c23-22(24,25)19-10-11-26-21(27-19)29-14-12-28(13-15-29)20(30)18-8-6-17(7-9-18)16-4-2-1-3-5-16/h1-11H,12-15H2. The first-order chi connectivity index (χ1) is 14.4. The van der Waals surface area contributed by atoms with Gasteiger partial charge in [0.05, 0.1) is 0 Å². The van der Waals surface area contributed by atoms with E-state index in [1.54, 1.807) is 21.9 Å². The highest BCUT2D eigenvalue weighted by Gasteiger charge is 2.33. The number of hydrogen-bond acceptors (Lipinski definition) is 4. The molecule has 1 aliphatic rings. The minimum absolute atomic E-state index is 0.0316. The first-order valence-electron chi connectivity index (χ1n) is 9.52. The van der Waals surface area contributed by atoms with Gasteiger partial charge in [-0.1, -0.05) is 42.5 Å². The number of alkyl halides is 3. The number of carbonyl (C=O) groups is 1. The Bertz CT molecular complexity index is 1010. The van der Waals surface area contributed by atoms with E-state index in [4.69, 9.17) is 0 Å². The van der Waals surface area contributed by atoms with Crippen molar-refractivity contribution in [2.45, 2.75) is 6.18 Å². The second-order valence-corrected chi connectivity index (χ2v) is 6.96. The molecule has 1 aliphatic heterocycles. The molecule has 2 aromatic carbocycles. The van der Waals surface area contributed by atoms with Crippen LogP contribution in [0.3, 0.4) is 0 Å². The van der Waals surface area contributed by atoms with Crippen LogP contribution in [0.15, 0.2) is 66.9 Å². The minimum atomic E-state index is -4.51. The monoisotopic (exact) mass is 412 g/mol. The van der Waals surface area contributed by atoms with Gasteiger partial charge in [0, 0.05) is 37.9 Å². The van der Waals surface area contributed by atoms with E-state index in [1.807, 2.05) is 42.5 Å². The number of rotatable bonds is 3. The molecule has 30 heavy (non-hydrogen) atoms. The van der Waals surface area contributed by atoms with E-state index >= 15 is 0 Å². The maximum Gasteiger partial charge on any atom is 0.433 e. The fourth-order valence-electron chi connectivity index (χ4n) is 3.39. The lowest BCUT2D eigenvalue weighted by molar-refractivity contribution is -0.141. The third-order valence-electron chi connectivity index (χ3n) is 5.02. The fourth-order valence-corrected chi connectivity index (χ4v) is 3.39. The summed E-state index contributed by atoms with van der Waals surface area (Å²) < 4.78 is 38.6. The lowest BCUT2D eigenvalue weighted by Gasteiger charge is -2.34. The van der Waals surface area contributed by atoms with Crippen LogP contribution in [-0.2, 0) is 6.18 Å². The van der Waals surface area contributed by atoms with Gasteiger partial charge in [-0.2, -0.15) is 13.2 Å². The van der Waals surface area contributed by atoms with Crippen molar-refractivity contribution in [3.8, 4) is 11.1 Å². The number of hydrogen-bond donors (Lipinski definition) is 0. The molecule has 0 bridgehead atoms. The second kappa shape index (κ2) is 8.14. The molecule has 1 fully saturated rings. The maximum atomic E-state index is 12.9. The molecule has 5 nitrogen and oxygen atoms in total. The highest BCUT2D eigenvalue weighted by molar-refractivity contribution is 5.94. The third kappa shape index (κ3) is 4.27. The Morgan fingerprint density at radius 3 is 2.10 bits per heavy atom. The van der Waals surface area contributed by atoms with Crippen molar-refractivity contribution in [2.75, 3.05) is 31.1 Å². The molecule has 1 amide bonds. The van der Waals surface area contributed by atoms with Gasteiger partial charge in [0.1, 0.15) is 5.69 Å². The number of piperazine rings is 1. The topological polar surface area (TPSA) is 49.3 Å². The lowest BCUT2D eigenvalue weighted by Crippen LogP contribution is -2.49. The van der Waals surface area contributed by atoms with Crippen molar-refractivity contribution in [3.05, 3.63) is 78.1 Å². The van der Waals surface area contributed by atoms with Gasteiger partial charge in [0.15, 0.2) is 0 Å². The summed E-state index contributed by atoms with van der Waals surface area (Å²) in [4.78, 5) is 23.7. The van der Waals surface area contributed by atoms with Crippen molar-refractivity contribution in [2.24, 2.45) is 0 Å². The molecule has 0 saturated carbocycles. The molecule has 0 N–H and O–H groups in total. The largest absolute Gasteiger partial charge is 0.433 e. The van der Waals surface area contributed by atoms with E-state index < -0.39 is 11.9 Å². The summed E-state index contributed by atoms with van der Waals surface area (Å²) in [5.74, 6) is -0.0663. The molecule has 3 aromatic rings. The van der Waals surface area contributed by atoms with E-state index in [-0.39, 0.29) is 11.9 Å². The molecular weight excluding hydrogens is 393 g/mol. The second-order valence-electron chi connectivity index (χ2n) is 6.96. The Kier molecular flexibility index (Phi) is 5.39. The van der Waals surface area contributed by atoms with Gasteiger partial charge in [-0.05, 0) is 29.3 Å². The Labute approximate surface area is 171 Å². The average Bonchev–Trinajstić information content (AvgIpc) is 2.79. The number of anilines is 1. The van der Waals surface area contributed by atoms with Crippen LogP contribution in [0.4, 0.5) is 19.1 Å². The van der Waals surface area contributed by atoms with Gasteiger partial charge in [-0.3, -0.25) is 4.79 Å². The Morgan fingerprint density at radius 2 is 1.47 bits per heavy atom. The molecule has 1 aromatic heterocycles. The Balaban J connectivity index is 1.40. The first-order valence-corrected chi connectivity index (χ1v) is 9.52. The van der Waals surface area contributed by atoms with Gasteiger partial charge in [0.25, 0.3) is 5.91 Å². The predicted octanol–water partition coefficient (Wildman–Crippen LogP) is 4.12. The van der Waals surface area contributed by atoms with Crippen LogP contribution in [-0.4, -0.2) is 47.0 Å². The van der Waals surface area contributed by atoms with Gasteiger partial charge in [0.2, 0.25) is 5.95 Å². The predicted molar refractivity (Wildman–Crippen MR) is 107 cm³/mol. The summed E-state index contributed by atoms with van der Waals surface area (Å²) in [6.07, 6.45) is -3.40.